The number of carboxylic acid groups (broad SMARTS) is 1. The highest BCUT2D eigenvalue weighted by Crippen LogP contribution is 2.16. The van der Waals surface area contributed by atoms with Gasteiger partial charge in [0.05, 0.1) is 0 Å². The van der Waals surface area contributed by atoms with Crippen LogP contribution in [-0.2, 0) is 9.59 Å². The Morgan fingerprint density at radius 3 is 2.72 bits per heavy atom. The molecule has 6 heteroatoms. The van der Waals surface area contributed by atoms with Crippen molar-refractivity contribution in [1.29, 1.82) is 0 Å². The Morgan fingerprint density at radius 2 is 2.17 bits per heavy atom. The lowest BCUT2D eigenvalue weighted by Crippen LogP contribution is -2.38. The minimum Gasteiger partial charge on any atom is -0.484 e. The van der Waals surface area contributed by atoms with Crippen LogP contribution < -0.4 is 4.74 Å². The third-order valence-corrected chi connectivity index (χ3v) is 2.45. The molecule has 0 fully saturated rings. The fourth-order valence-corrected chi connectivity index (χ4v) is 1.51. The SMILES string of the molecule is CCN(CC(=O)O)C(=O)COc1cccc(Cl)c1. The Labute approximate surface area is 110 Å². The van der Waals surface area contributed by atoms with Gasteiger partial charge in [-0.2, -0.15) is 0 Å². The van der Waals surface area contributed by atoms with Crippen LogP contribution in [0.15, 0.2) is 24.3 Å². The molecule has 0 bridgehead atoms. The number of rotatable bonds is 6. The standard InChI is InChI=1S/C12H14ClNO4/c1-2-14(7-12(16)17)11(15)8-18-10-5-3-4-9(13)6-10/h3-6H,2,7-8H2,1H3,(H,16,17). The van der Waals surface area contributed by atoms with E-state index < -0.39 is 5.97 Å². The number of ether oxygens (including phenoxy) is 1. The second-order valence-corrected chi connectivity index (χ2v) is 3.98. The Morgan fingerprint density at radius 1 is 1.44 bits per heavy atom. The second-order valence-electron chi connectivity index (χ2n) is 3.55. The lowest BCUT2D eigenvalue weighted by molar-refractivity contribution is -0.145. The van der Waals surface area contributed by atoms with Gasteiger partial charge in [-0.25, -0.2) is 0 Å². The van der Waals surface area contributed by atoms with Crippen LogP contribution in [0.3, 0.4) is 0 Å². The van der Waals surface area contributed by atoms with Crippen LogP contribution in [0.4, 0.5) is 0 Å². The normalized spacial score (nSPS) is 9.89. The zero-order valence-corrected chi connectivity index (χ0v) is 10.7. The van der Waals surface area contributed by atoms with Crippen LogP contribution in [0.25, 0.3) is 0 Å². The van der Waals surface area contributed by atoms with Crippen molar-refractivity contribution in [1.82, 2.24) is 4.90 Å². The van der Waals surface area contributed by atoms with Crippen molar-refractivity contribution in [2.75, 3.05) is 19.7 Å². The first kappa shape index (κ1) is 14.3. The predicted octanol–water partition coefficient (Wildman–Crippen LogP) is 1.65. The fourth-order valence-electron chi connectivity index (χ4n) is 1.33. The Kier molecular flexibility index (Phi) is 5.45. The Balaban J connectivity index is 2.51. The lowest BCUT2D eigenvalue weighted by Gasteiger charge is -2.18. The van der Waals surface area contributed by atoms with Crippen molar-refractivity contribution in [3.8, 4) is 5.75 Å². The van der Waals surface area contributed by atoms with E-state index in [1.165, 1.54) is 4.90 Å². The van der Waals surface area contributed by atoms with Gasteiger partial charge in [0.25, 0.3) is 5.91 Å². The van der Waals surface area contributed by atoms with Crippen LogP contribution in [0.5, 0.6) is 5.75 Å². The zero-order valence-electron chi connectivity index (χ0n) is 9.93. The highest BCUT2D eigenvalue weighted by atomic mass is 35.5. The third kappa shape index (κ3) is 4.63. The molecule has 0 saturated heterocycles. The highest BCUT2D eigenvalue weighted by Gasteiger charge is 2.15. The molecular formula is C12H14ClNO4. The van der Waals surface area contributed by atoms with Crippen molar-refractivity contribution in [3.63, 3.8) is 0 Å². The van der Waals surface area contributed by atoms with Crippen LogP contribution in [-0.4, -0.2) is 41.6 Å². The number of benzene rings is 1. The van der Waals surface area contributed by atoms with E-state index in [9.17, 15) is 9.59 Å². The monoisotopic (exact) mass is 271 g/mol. The number of amides is 1. The highest BCUT2D eigenvalue weighted by molar-refractivity contribution is 6.30. The molecule has 0 spiro atoms. The molecule has 0 aliphatic carbocycles. The molecule has 1 aromatic rings. The largest absolute Gasteiger partial charge is 0.484 e. The summed E-state index contributed by atoms with van der Waals surface area (Å²) in [5.41, 5.74) is 0. The molecule has 1 rings (SSSR count). The quantitative estimate of drug-likeness (QED) is 0.854. The number of nitrogens with zero attached hydrogens (tertiary/aromatic N) is 1. The minimum absolute atomic E-state index is 0.207. The second kappa shape index (κ2) is 6.86. The molecule has 0 aliphatic rings. The van der Waals surface area contributed by atoms with Crippen LogP contribution in [0, 0.1) is 0 Å². The first-order chi connectivity index (χ1) is 8.52. The van der Waals surface area contributed by atoms with E-state index in [0.717, 1.165) is 0 Å². The van der Waals surface area contributed by atoms with Gasteiger partial charge in [0.1, 0.15) is 12.3 Å². The molecule has 98 valence electrons. The van der Waals surface area contributed by atoms with Gasteiger partial charge in [-0.05, 0) is 25.1 Å². The van der Waals surface area contributed by atoms with Crippen LogP contribution >= 0.6 is 11.6 Å². The average molecular weight is 272 g/mol. The summed E-state index contributed by atoms with van der Waals surface area (Å²) in [6, 6.07) is 6.66. The van der Waals surface area contributed by atoms with Crippen molar-refractivity contribution < 1.29 is 19.4 Å². The summed E-state index contributed by atoms with van der Waals surface area (Å²) in [5, 5.41) is 9.15. The topological polar surface area (TPSA) is 66.8 Å². The number of carboxylic acids is 1. The number of carbonyl (C=O) groups is 2. The molecule has 1 N–H and O–H groups in total. The van der Waals surface area contributed by atoms with Gasteiger partial charge >= 0.3 is 5.97 Å². The summed E-state index contributed by atoms with van der Waals surface area (Å²) >= 11 is 5.77. The minimum atomic E-state index is -1.05. The number of hydrogen-bond acceptors (Lipinski definition) is 3. The lowest BCUT2D eigenvalue weighted by atomic mass is 10.3. The Bertz CT molecular complexity index is 436. The Hall–Kier alpha value is -1.75. The van der Waals surface area contributed by atoms with E-state index in [2.05, 4.69) is 0 Å². The molecule has 1 amide bonds. The summed E-state index contributed by atoms with van der Waals surface area (Å²) in [6.45, 7) is 1.50. The maximum atomic E-state index is 11.7. The number of hydrogen-bond donors (Lipinski definition) is 1. The van der Waals surface area contributed by atoms with E-state index in [1.54, 1.807) is 31.2 Å². The zero-order chi connectivity index (χ0) is 13.5. The molecule has 18 heavy (non-hydrogen) atoms. The van der Waals surface area contributed by atoms with Gasteiger partial charge in [-0.1, -0.05) is 17.7 Å². The molecule has 0 atom stereocenters. The van der Waals surface area contributed by atoms with Crippen LogP contribution in [0.1, 0.15) is 6.92 Å². The maximum Gasteiger partial charge on any atom is 0.323 e. The summed E-state index contributed by atoms with van der Waals surface area (Å²) < 4.78 is 5.24. The number of halogens is 1. The molecule has 0 radical (unpaired) electrons. The first-order valence-corrected chi connectivity index (χ1v) is 5.78. The fraction of sp³-hybridized carbons (Fsp3) is 0.333. The van der Waals surface area contributed by atoms with E-state index in [1.807, 2.05) is 0 Å². The molecule has 0 aliphatic heterocycles. The molecular weight excluding hydrogens is 258 g/mol. The summed E-state index contributed by atoms with van der Waals surface area (Å²) in [4.78, 5) is 23.4. The van der Waals surface area contributed by atoms with Crippen molar-refractivity contribution in [3.05, 3.63) is 29.3 Å². The van der Waals surface area contributed by atoms with E-state index >= 15 is 0 Å². The molecule has 0 unspecified atom stereocenters. The van der Waals surface area contributed by atoms with Gasteiger partial charge in [0, 0.05) is 11.6 Å². The molecule has 0 saturated carbocycles. The van der Waals surface area contributed by atoms with Crippen molar-refractivity contribution in [2.45, 2.75) is 6.92 Å². The first-order valence-electron chi connectivity index (χ1n) is 5.41. The number of likely N-dealkylation sites (N-methyl/N-ethyl adjacent to an activating group) is 1. The van der Waals surface area contributed by atoms with Gasteiger partial charge in [-0.3, -0.25) is 9.59 Å². The number of aliphatic carboxylic acids is 1. The van der Waals surface area contributed by atoms with E-state index in [-0.39, 0.29) is 19.1 Å². The van der Waals surface area contributed by atoms with Gasteiger partial charge < -0.3 is 14.7 Å². The molecule has 5 nitrogen and oxygen atoms in total. The van der Waals surface area contributed by atoms with Crippen LogP contribution in [0.2, 0.25) is 5.02 Å². The van der Waals surface area contributed by atoms with E-state index in [4.69, 9.17) is 21.4 Å². The summed E-state index contributed by atoms with van der Waals surface area (Å²) in [7, 11) is 0. The smallest absolute Gasteiger partial charge is 0.323 e. The summed E-state index contributed by atoms with van der Waals surface area (Å²) in [6.07, 6.45) is 0. The van der Waals surface area contributed by atoms with Gasteiger partial charge in [0.2, 0.25) is 0 Å². The van der Waals surface area contributed by atoms with E-state index in [0.29, 0.717) is 17.3 Å². The summed E-state index contributed by atoms with van der Waals surface area (Å²) in [5.74, 6) is -0.949. The maximum absolute atomic E-state index is 11.7. The van der Waals surface area contributed by atoms with Crippen molar-refractivity contribution >= 4 is 23.5 Å². The van der Waals surface area contributed by atoms with Gasteiger partial charge in [0.15, 0.2) is 6.61 Å². The van der Waals surface area contributed by atoms with Crippen molar-refractivity contribution in [2.24, 2.45) is 0 Å². The molecule has 0 heterocycles. The molecule has 1 aromatic carbocycles. The van der Waals surface area contributed by atoms with Gasteiger partial charge in [-0.15, -0.1) is 0 Å². The number of carbonyl (C=O) groups excluding carboxylic acids is 1. The molecule has 0 aromatic heterocycles. The average Bonchev–Trinajstić information content (AvgIpc) is 2.33. The third-order valence-electron chi connectivity index (χ3n) is 2.22. The predicted molar refractivity (Wildman–Crippen MR) is 66.8 cm³/mol.